The summed E-state index contributed by atoms with van der Waals surface area (Å²) in [7, 11) is 0. The lowest BCUT2D eigenvalue weighted by Gasteiger charge is -2.07. The number of benzene rings is 1. The second-order valence-corrected chi connectivity index (χ2v) is 4.25. The van der Waals surface area contributed by atoms with E-state index in [2.05, 4.69) is 6.92 Å². The Morgan fingerprint density at radius 2 is 1.89 bits per heavy atom. The summed E-state index contributed by atoms with van der Waals surface area (Å²) in [6, 6.07) is 8.94. The van der Waals surface area contributed by atoms with E-state index in [1.54, 1.807) is 6.07 Å². The highest BCUT2D eigenvalue weighted by Gasteiger charge is 2.04. The lowest BCUT2D eigenvalue weighted by atomic mass is 10.1. The zero-order valence-electron chi connectivity index (χ0n) is 10.7. The summed E-state index contributed by atoms with van der Waals surface area (Å²) in [4.78, 5) is 0. The number of hydrogen-bond donors (Lipinski definition) is 0. The van der Waals surface area contributed by atoms with Gasteiger partial charge in [-0.1, -0.05) is 12.1 Å². The van der Waals surface area contributed by atoms with E-state index in [0.717, 1.165) is 17.9 Å². The highest BCUT2D eigenvalue weighted by Crippen LogP contribution is 2.14. The van der Waals surface area contributed by atoms with E-state index in [4.69, 9.17) is 4.74 Å². The third-order valence-corrected chi connectivity index (χ3v) is 2.83. The van der Waals surface area contributed by atoms with Crippen molar-refractivity contribution in [2.45, 2.75) is 27.0 Å². The molecule has 0 unspecified atom stereocenters. The summed E-state index contributed by atoms with van der Waals surface area (Å²) in [6.07, 6.45) is 3.89. The number of nitrogens with zero attached hydrogens (tertiary/aromatic N) is 1. The van der Waals surface area contributed by atoms with Crippen LogP contribution in [-0.4, -0.2) is 0 Å². The standard InChI is InChI=1S/C15H17FNO/c1-3-17-8-6-14(7-9-17)18-11-13-5-4-12(2)10-15(13)16/h4-10H,3,11H2,1-2H3/q+1. The van der Waals surface area contributed by atoms with Gasteiger partial charge in [0.05, 0.1) is 0 Å². The van der Waals surface area contributed by atoms with Gasteiger partial charge in [0.2, 0.25) is 0 Å². The van der Waals surface area contributed by atoms with Gasteiger partial charge < -0.3 is 4.74 Å². The maximum atomic E-state index is 13.6. The molecule has 2 nitrogen and oxygen atoms in total. The molecule has 0 bridgehead atoms. The van der Waals surface area contributed by atoms with E-state index >= 15 is 0 Å². The van der Waals surface area contributed by atoms with Crippen molar-refractivity contribution >= 4 is 0 Å². The van der Waals surface area contributed by atoms with Gasteiger partial charge in [-0.15, -0.1) is 0 Å². The molecule has 1 aromatic carbocycles. The minimum Gasteiger partial charge on any atom is -0.488 e. The second kappa shape index (κ2) is 5.63. The van der Waals surface area contributed by atoms with Crippen molar-refractivity contribution in [3.05, 3.63) is 59.7 Å². The first-order valence-corrected chi connectivity index (χ1v) is 6.06. The molecule has 94 valence electrons. The highest BCUT2D eigenvalue weighted by atomic mass is 19.1. The van der Waals surface area contributed by atoms with Gasteiger partial charge in [0.25, 0.3) is 0 Å². The third kappa shape index (κ3) is 3.06. The van der Waals surface area contributed by atoms with E-state index in [1.165, 1.54) is 6.07 Å². The molecular weight excluding hydrogens is 229 g/mol. The van der Waals surface area contributed by atoms with Gasteiger partial charge in [0.1, 0.15) is 24.7 Å². The molecule has 3 heteroatoms. The van der Waals surface area contributed by atoms with Crippen LogP contribution in [0, 0.1) is 12.7 Å². The Kier molecular flexibility index (Phi) is 3.92. The molecule has 1 aromatic heterocycles. The Labute approximate surface area is 107 Å². The topological polar surface area (TPSA) is 13.1 Å². The van der Waals surface area contributed by atoms with Gasteiger partial charge in [0, 0.05) is 17.7 Å². The number of rotatable bonds is 4. The van der Waals surface area contributed by atoms with E-state index in [0.29, 0.717) is 5.56 Å². The first kappa shape index (κ1) is 12.6. The Bertz CT molecular complexity index is 523. The monoisotopic (exact) mass is 246 g/mol. The Balaban J connectivity index is 2.02. The number of aryl methyl sites for hydroxylation is 2. The zero-order chi connectivity index (χ0) is 13.0. The first-order valence-electron chi connectivity index (χ1n) is 6.06. The highest BCUT2D eigenvalue weighted by molar-refractivity contribution is 5.24. The van der Waals surface area contributed by atoms with Gasteiger partial charge in [-0.05, 0) is 25.5 Å². The van der Waals surface area contributed by atoms with Gasteiger partial charge in [0.15, 0.2) is 12.4 Å². The Morgan fingerprint density at radius 3 is 2.50 bits per heavy atom. The number of hydrogen-bond acceptors (Lipinski definition) is 1. The van der Waals surface area contributed by atoms with Crippen LogP contribution in [0.4, 0.5) is 4.39 Å². The summed E-state index contributed by atoms with van der Waals surface area (Å²) >= 11 is 0. The van der Waals surface area contributed by atoms with Crippen LogP contribution in [0.5, 0.6) is 5.75 Å². The molecule has 0 fully saturated rings. The lowest BCUT2D eigenvalue weighted by Crippen LogP contribution is -2.30. The molecule has 18 heavy (non-hydrogen) atoms. The van der Waals surface area contributed by atoms with Crippen molar-refractivity contribution in [2.75, 3.05) is 0 Å². The molecule has 0 N–H and O–H groups in total. The molecule has 0 aliphatic heterocycles. The van der Waals surface area contributed by atoms with Crippen LogP contribution in [0.3, 0.4) is 0 Å². The molecule has 2 rings (SSSR count). The molecule has 0 aliphatic rings. The summed E-state index contributed by atoms with van der Waals surface area (Å²) < 4.78 is 21.2. The summed E-state index contributed by atoms with van der Waals surface area (Å²) in [5, 5.41) is 0. The van der Waals surface area contributed by atoms with E-state index < -0.39 is 0 Å². The average Bonchev–Trinajstić information content (AvgIpc) is 2.38. The van der Waals surface area contributed by atoms with Crippen molar-refractivity contribution in [3.63, 3.8) is 0 Å². The summed E-state index contributed by atoms with van der Waals surface area (Å²) in [5.74, 6) is 0.536. The lowest BCUT2D eigenvalue weighted by molar-refractivity contribution is -0.693. The predicted octanol–water partition coefficient (Wildman–Crippen LogP) is 3.02. The van der Waals surface area contributed by atoms with Crippen LogP contribution in [0.25, 0.3) is 0 Å². The minimum absolute atomic E-state index is 0.213. The maximum absolute atomic E-state index is 13.6. The molecular formula is C15H17FNO+. The van der Waals surface area contributed by atoms with Crippen LogP contribution in [-0.2, 0) is 13.2 Å². The minimum atomic E-state index is -0.213. The van der Waals surface area contributed by atoms with Crippen LogP contribution in [0.2, 0.25) is 0 Å². The fourth-order valence-electron chi connectivity index (χ4n) is 1.68. The van der Waals surface area contributed by atoms with Gasteiger partial charge in [-0.25, -0.2) is 8.96 Å². The van der Waals surface area contributed by atoms with E-state index in [1.807, 2.05) is 42.1 Å². The largest absolute Gasteiger partial charge is 0.488 e. The van der Waals surface area contributed by atoms with Crippen molar-refractivity contribution in [1.82, 2.24) is 0 Å². The number of ether oxygens (including phenoxy) is 1. The fraction of sp³-hybridized carbons (Fsp3) is 0.267. The van der Waals surface area contributed by atoms with Crippen LogP contribution < -0.4 is 9.30 Å². The molecule has 0 aliphatic carbocycles. The van der Waals surface area contributed by atoms with Crippen LogP contribution in [0.1, 0.15) is 18.1 Å². The fourth-order valence-corrected chi connectivity index (χ4v) is 1.68. The Hall–Kier alpha value is -1.90. The predicted molar refractivity (Wildman–Crippen MR) is 67.8 cm³/mol. The van der Waals surface area contributed by atoms with Crippen molar-refractivity contribution < 1.29 is 13.7 Å². The summed E-state index contributed by atoms with van der Waals surface area (Å²) in [6.45, 7) is 5.12. The van der Waals surface area contributed by atoms with E-state index in [-0.39, 0.29) is 12.4 Å². The number of aromatic nitrogens is 1. The van der Waals surface area contributed by atoms with Crippen molar-refractivity contribution in [1.29, 1.82) is 0 Å². The molecule has 0 amide bonds. The van der Waals surface area contributed by atoms with Gasteiger partial charge in [-0.2, -0.15) is 0 Å². The Morgan fingerprint density at radius 1 is 1.17 bits per heavy atom. The summed E-state index contributed by atoms with van der Waals surface area (Å²) in [5.41, 5.74) is 1.49. The van der Waals surface area contributed by atoms with Gasteiger partial charge in [-0.3, -0.25) is 0 Å². The molecule has 2 aromatic rings. The molecule has 0 atom stereocenters. The normalized spacial score (nSPS) is 10.4. The number of halogens is 1. The molecule has 1 heterocycles. The molecule has 0 radical (unpaired) electrons. The molecule has 0 spiro atoms. The molecule has 0 saturated heterocycles. The van der Waals surface area contributed by atoms with Crippen LogP contribution >= 0.6 is 0 Å². The van der Waals surface area contributed by atoms with Gasteiger partial charge >= 0.3 is 0 Å². The quantitative estimate of drug-likeness (QED) is 0.756. The van der Waals surface area contributed by atoms with Crippen LogP contribution in [0.15, 0.2) is 42.7 Å². The molecule has 0 saturated carbocycles. The SMILES string of the molecule is CC[n+]1ccc(OCc2ccc(C)cc2F)cc1. The number of pyridine rings is 1. The van der Waals surface area contributed by atoms with E-state index in [9.17, 15) is 4.39 Å². The zero-order valence-corrected chi connectivity index (χ0v) is 10.7. The first-order chi connectivity index (χ1) is 8.69. The smallest absolute Gasteiger partial charge is 0.172 e. The second-order valence-electron chi connectivity index (χ2n) is 4.25. The van der Waals surface area contributed by atoms with Crippen molar-refractivity contribution in [3.8, 4) is 5.75 Å². The maximum Gasteiger partial charge on any atom is 0.172 e. The average molecular weight is 246 g/mol. The van der Waals surface area contributed by atoms with Crippen molar-refractivity contribution in [2.24, 2.45) is 0 Å². The third-order valence-electron chi connectivity index (χ3n) is 2.83.